The van der Waals surface area contributed by atoms with Crippen LogP contribution >= 0.6 is 0 Å². The average molecular weight is 275 g/mol. The molecule has 110 valence electrons. The van der Waals surface area contributed by atoms with Crippen molar-refractivity contribution < 1.29 is 0 Å². The molecule has 2 aliphatic rings. The molecule has 2 N–H and O–H groups in total. The van der Waals surface area contributed by atoms with Gasteiger partial charge in [0.15, 0.2) is 0 Å². The van der Waals surface area contributed by atoms with Crippen LogP contribution in [0.1, 0.15) is 44.9 Å². The van der Waals surface area contributed by atoms with Gasteiger partial charge in [0, 0.05) is 37.7 Å². The zero-order chi connectivity index (χ0) is 14.1. The summed E-state index contributed by atoms with van der Waals surface area (Å²) in [6, 6.07) is 2.62. The van der Waals surface area contributed by atoms with Crippen molar-refractivity contribution in [3.05, 3.63) is 11.9 Å². The Kier molecular flexibility index (Phi) is 3.78. The van der Waals surface area contributed by atoms with Gasteiger partial charge in [0.1, 0.15) is 17.5 Å². The molecule has 2 saturated heterocycles. The molecule has 5 nitrogen and oxygen atoms in total. The molecule has 20 heavy (non-hydrogen) atoms. The van der Waals surface area contributed by atoms with Crippen LogP contribution in [0.3, 0.4) is 0 Å². The summed E-state index contributed by atoms with van der Waals surface area (Å²) in [5, 5.41) is 0. The summed E-state index contributed by atoms with van der Waals surface area (Å²) < 4.78 is 0. The summed E-state index contributed by atoms with van der Waals surface area (Å²) in [6.07, 6.45) is 3.85. The summed E-state index contributed by atoms with van der Waals surface area (Å²) in [7, 11) is 0. The van der Waals surface area contributed by atoms with Crippen molar-refractivity contribution in [2.45, 2.75) is 45.1 Å². The van der Waals surface area contributed by atoms with E-state index >= 15 is 0 Å². The van der Waals surface area contributed by atoms with Gasteiger partial charge in [0.25, 0.3) is 0 Å². The molecule has 1 aromatic rings. The molecule has 0 aliphatic carbocycles. The van der Waals surface area contributed by atoms with Crippen molar-refractivity contribution in [2.75, 3.05) is 36.8 Å². The third-order valence-electron chi connectivity index (χ3n) is 4.39. The molecular formula is C15H25N5. The molecule has 1 atom stereocenters. The zero-order valence-electron chi connectivity index (χ0n) is 12.5. The topological polar surface area (TPSA) is 58.3 Å². The third-order valence-corrected chi connectivity index (χ3v) is 4.39. The highest BCUT2D eigenvalue weighted by molar-refractivity contribution is 5.47. The summed E-state index contributed by atoms with van der Waals surface area (Å²) >= 11 is 0. The van der Waals surface area contributed by atoms with Gasteiger partial charge in [-0.05, 0) is 25.8 Å². The van der Waals surface area contributed by atoms with Crippen molar-refractivity contribution in [1.82, 2.24) is 14.9 Å². The Balaban J connectivity index is 1.84. The van der Waals surface area contributed by atoms with E-state index in [-0.39, 0.29) is 0 Å². The number of nitrogens with zero attached hydrogens (tertiary/aromatic N) is 4. The minimum absolute atomic E-state index is 0.312. The van der Waals surface area contributed by atoms with Crippen molar-refractivity contribution >= 4 is 11.6 Å². The van der Waals surface area contributed by atoms with Crippen molar-refractivity contribution in [3.8, 4) is 0 Å². The SMILES string of the molecule is CC(C)c1nc(N)cc(N2CCCN3CCCC3C2)n1. The molecule has 0 amide bonds. The van der Waals surface area contributed by atoms with E-state index in [9.17, 15) is 0 Å². The van der Waals surface area contributed by atoms with Crippen LogP contribution in [-0.4, -0.2) is 47.1 Å². The Labute approximate surface area is 121 Å². The smallest absolute Gasteiger partial charge is 0.135 e. The van der Waals surface area contributed by atoms with Crippen molar-refractivity contribution in [3.63, 3.8) is 0 Å². The monoisotopic (exact) mass is 275 g/mol. The Hall–Kier alpha value is -1.36. The van der Waals surface area contributed by atoms with Crippen LogP contribution < -0.4 is 10.6 Å². The van der Waals surface area contributed by atoms with Crippen LogP contribution in [0.2, 0.25) is 0 Å². The standard InChI is InChI=1S/C15H25N5/c1-11(2)15-17-13(16)9-14(18-15)20-8-4-7-19-6-3-5-12(19)10-20/h9,11-12H,3-8,10H2,1-2H3,(H2,16,17,18). The maximum Gasteiger partial charge on any atom is 0.135 e. The van der Waals surface area contributed by atoms with Crippen LogP contribution in [-0.2, 0) is 0 Å². The molecule has 0 radical (unpaired) electrons. The van der Waals surface area contributed by atoms with Crippen molar-refractivity contribution in [1.29, 1.82) is 0 Å². The molecule has 3 heterocycles. The minimum atomic E-state index is 0.312. The normalized spacial score (nSPS) is 23.9. The third kappa shape index (κ3) is 2.73. The van der Waals surface area contributed by atoms with E-state index < -0.39 is 0 Å². The fraction of sp³-hybridized carbons (Fsp3) is 0.733. The van der Waals surface area contributed by atoms with E-state index in [0.717, 1.165) is 24.7 Å². The van der Waals surface area contributed by atoms with Crippen LogP contribution in [0.4, 0.5) is 11.6 Å². The van der Waals surface area contributed by atoms with E-state index in [4.69, 9.17) is 10.7 Å². The largest absolute Gasteiger partial charge is 0.384 e. The maximum atomic E-state index is 5.96. The molecule has 1 aromatic heterocycles. The van der Waals surface area contributed by atoms with Gasteiger partial charge in [-0.15, -0.1) is 0 Å². The van der Waals surface area contributed by atoms with Gasteiger partial charge in [-0.25, -0.2) is 9.97 Å². The van der Waals surface area contributed by atoms with Crippen molar-refractivity contribution in [2.24, 2.45) is 0 Å². The number of rotatable bonds is 2. The summed E-state index contributed by atoms with van der Waals surface area (Å²) in [6.45, 7) is 8.86. The van der Waals surface area contributed by atoms with E-state index in [2.05, 4.69) is 28.6 Å². The number of anilines is 2. The highest BCUT2D eigenvalue weighted by Gasteiger charge is 2.29. The Morgan fingerprint density at radius 2 is 2.00 bits per heavy atom. The van der Waals surface area contributed by atoms with E-state index in [1.54, 1.807) is 0 Å². The van der Waals surface area contributed by atoms with Crippen LogP contribution in [0.5, 0.6) is 0 Å². The van der Waals surface area contributed by atoms with Gasteiger partial charge in [0.05, 0.1) is 0 Å². The summed E-state index contributed by atoms with van der Waals surface area (Å²) in [5.74, 6) is 2.76. The number of hydrogen-bond donors (Lipinski definition) is 1. The lowest BCUT2D eigenvalue weighted by atomic mass is 10.2. The van der Waals surface area contributed by atoms with Gasteiger partial charge in [-0.2, -0.15) is 0 Å². The van der Waals surface area contributed by atoms with Crippen LogP contribution in [0.15, 0.2) is 6.07 Å². The van der Waals surface area contributed by atoms with E-state index in [1.807, 2.05) is 6.07 Å². The molecule has 2 aliphatic heterocycles. The van der Waals surface area contributed by atoms with Gasteiger partial charge in [0.2, 0.25) is 0 Å². The zero-order valence-corrected chi connectivity index (χ0v) is 12.5. The molecule has 0 bridgehead atoms. The van der Waals surface area contributed by atoms with Crippen LogP contribution in [0, 0.1) is 0 Å². The fourth-order valence-electron chi connectivity index (χ4n) is 3.31. The lowest BCUT2D eigenvalue weighted by Crippen LogP contribution is -2.37. The van der Waals surface area contributed by atoms with Gasteiger partial charge in [-0.1, -0.05) is 13.8 Å². The second-order valence-electron chi connectivity index (χ2n) is 6.30. The highest BCUT2D eigenvalue weighted by atomic mass is 15.3. The number of hydrogen-bond acceptors (Lipinski definition) is 5. The molecule has 5 heteroatoms. The number of aromatic nitrogens is 2. The molecule has 2 fully saturated rings. The molecule has 3 rings (SSSR count). The second kappa shape index (κ2) is 5.56. The summed E-state index contributed by atoms with van der Waals surface area (Å²) in [4.78, 5) is 14.1. The first-order valence-electron chi connectivity index (χ1n) is 7.77. The first kappa shape index (κ1) is 13.6. The Bertz CT molecular complexity index is 473. The highest BCUT2D eigenvalue weighted by Crippen LogP contribution is 2.25. The fourth-order valence-corrected chi connectivity index (χ4v) is 3.31. The lowest BCUT2D eigenvalue weighted by molar-refractivity contribution is 0.273. The van der Waals surface area contributed by atoms with Gasteiger partial charge < -0.3 is 10.6 Å². The first-order chi connectivity index (χ1) is 9.63. The molecule has 0 saturated carbocycles. The number of nitrogens with two attached hydrogens (primary N) is 1. The second-order valence-corrected chi connectivity index (χ2v) is 6.30. The molecule has 0 spiro atoms. The van der Waals surface area contributed by atoms with Gasteiger partial charge >= 0.3 is 0 Å². The Morgan fingerprint density at radius 3 is 2.80 bits per heavy atom. The predicted molar refractivity (Wildman–Crippen MR) is 82.0 cm³/mol. The molecule has 1 unspecified atom stereocenters. The molecule has 0 aromatic carbocycles. The molecular weight excluding hydrogens is 250 g/mol. The minimum Gasteiger partial charge on any atom is -0.384 e. The lowest BCUT2D eigenvalue weighted by Gasteiger charge is -2.27. The number of fused-ring (bicyclic) bond motifs is 1. The predicted octanol–water partition coefficient (Wildman–Crippen LogP) is 1.86. The van der Waals surface area contributed by atoms with Gasteiger partial charge in [-0.3, -0.25) is 4.90 Å². The first-order valence-corrected chi connectivity index (χ1v) is 7.77. The summed E-state index contributed by atoms with van der Waals surface area (Å²) in [5.41, 5.74) is 5.96. The maximum absolute atomic E-state index is 5.96. The van der Waals surface area contributed by atoms with E-state index in [0.29, 0.717) is 17.8 Å². The average Bonchev–Trinajstić information content (AvgIpc) is 2.75. The Morgan fingerprint density at radius 1 is 1.20 bits per heavy atom. The van der Waals surface area contributed by atoms with E-state index in [1.165, 1.54) is 32.4 Å². The van der Waals surface area contributed by atoms with Crippen LogP contribution in [0.25, 0.3) is 0 Å². The number of nitrogen functional groups attached to an aromatic ring is 1. The quantitative estimate of drug-likeness (QED) is 0.892.